The van der Waals surface area contributed by atoms with Crippen molar-refractivity contribution in [2.24, 2.45) is 0 Å². The Morgan fingerprint density at radius 3 is 2.44 bits per heavy atom. The minimum atomic E-state index is -1.97. The van der Waals surface area contributed by atoms with Gasteiger partial charge < -0.3 is 43.3 Å². The Balaban J connectivity index is 1.74. The lowest BCUT2D eigenvalue weighted by molar-refractivity contribution is -0.372. The van der Waals surface area contributed by atoms with Gasteiger partial charge in [0.1, 0.15) is 36.1 Å². The van der Waals surface area contributed by atoms with E-state index in [1.165, 1.54) is 0 Å². The summed E-state index contributed by atoms with van der Waals surface area (Å²) in [6.07, 6.45) is -3.95. The van der Waals surface area contributed by atoms with Crippen molar-refractivity contribution in [1.82, 2.24) is 5.32 Å². The van der Waals surface area contributed by atoms with Crippen molar-refractivity contribution in [3.63, 3.8) is 0 Å². The van der Waals surface area contributed by atoms with E-state index in [0.29, 0.717) is 19.6 Å². The third-order valence-electron chi connectivity index (χ3n) is 7.24. The number of hydrogen-bond donors (Lipinski definition) is 2. The first-order valence-electron chi connectivity index (χ1n) is 12.9. The molecule has 0 aromatic heterocycles. The largest absolute Gasteiger partial charge is 0.444 e. The number of carbonyl (C=O) groups is 1. The number of aliphatic hydroxyl groups excluding tert-OH is 1. The number of amides is 1. The zero-order valence-electron chi connectivity index (χ0n) is 23.6. The summed E-state index contributed by atoms with van der Waals surface area (Å²) in [6.45, 7) is 21.0. The zero-order chi connectivity index (χ0) is 27.1. The van der Waals surface area contributed by atoms with Gasteiger partial charge in [-0.3, -0.25) is 0 Å². The maximum atomic E-state index is 12.7. The van der Waals surface area contributed by atoms with Crippen LogP contribution < -0.4 is 5.32 Å². The van der Waals surface area contributed by atoms with Crippen LogP contribution in [0.5, 0.6) is 0 Å². The van der Waals surface area contributed by atoms with Gasteiger partial charge in [0.2, 0.25) is 0 Å². The minimum absolute atomic E-state index is 0.0742. The molecule has 3 aliphatic rings. The number of rotatable bonds is 6. The summed E-state index contributed by atoms with van der Waals surface area (Å²) in [5.41, 5.74) is -0.702. The van der Waals surface area contributed by atoms with E-state index in [1.807, 2.05) is 0 Å². The normalized spacial score (nSPS) is 35.2. The smallest absolute Gasteiger partial charge is 0.408 e. The predicted octanol–water partition coefficient (Wildman–Crippen LogP) is 3.31. The number of fused-ring (bicyclic) bond motifs is 1. The average molecular weight is 534 g/mol. The highest BCUT2D eigenvalue weighted by Crippen LogP contribution is 2.38. The Morgan fingerprint density at radius 1 is 1.17 bits per heavy atom. The fourth-order valence-electron chi connectivity index (χ4n) is 4.18. The molecule has 210 valence electrons. The molecule has 0 unspecified atom stereocenters. The fraction of sp³-hybridized carbons (Fsp3) is 0.960. The summed E-state index contributed by atoms with van der Waals surface area (Å²) in [5, 5.41) is 14.1. The topological polar surface area (TPSA) is 114 Å². The molecule has 0 aliphatic carbocycles. The average Bonchev–Trinajstić information content (AvgIpc) is 3.14. The van der Waals surface area contributed by atoms with E-state index in [2.05, 4.69) is 39.2 Å². The third-order valence-corrected chi connectivity index (χ3v) is 11.7. The molecule has 3 saturated heterocycles. The molecule has 1 amide bonds. The van der Waals surface area contributed by atoms with E-state index < -0.39 is 56.4 Å². The van der Waals surface area contributed by atoms with Crippen molar-refractivity contribution in [2.75, 3.05) is 19.8 Å². The predicted molar refractivity (Wildman–Crippen MR) is 135 cm³/mol. The monoisotopic (exact) mass is 533 g/mol. The van der Waals surface area contributed by atoms with Crippen LogP contribution in [0.2, 0.25) is 18.1 Å². The summed E-state index contributed by atoms with van der Waals surface area (Å²) in [7, 11) is -1.97. The van der Waals surface area contributed by atoms with Gasteiger partial charge in [-0.15, -0.1) is 0 Å². The van der Waals surface area contributed by atoms with Gasteiger partial charge >= 0.3 is 6.09 Å². The van der Waals surface area contributed by atoms with Crippen molar-refractivity contribution in [3.8, 4) is 0 Å². The Hall–Kier alpha value is -0.793. The van der Waals surface area contributed by atoms with Crippen LogP contribution in [0.25, 0.3) is 0 Å². The van der Waals surface area contributed by atoms with Crippen LogP contribution in [-0.2, 0) is 32.8 Å². The van der Waals surface area contributed by atoms with E-state index in [4.69, 9.17) is 32.8 Å². The molecular weight excluding hydrogens is 486 g/mol. The van der Waals surface area contributed by atoms with Crippen molar-refractivity contribution in [1.29, 1.82) is 0 Å². The number of carbonyl (C=O) groups excluding carboxylic acids is 1. The molecule has 0 radical (unpaired) electrons. The number of nitrogens with one attached hydrogen (secondary N) is 1. The van der Waals surface area contributed by atoms with Crippen molar-refractivity contribution in [3.05, 3.63) is 0 Å². The third kappa shape index (κ3) is 7.40. The molecule has 7 atom stereocenters. The summed E-state index contributed by atoms with van der Waals surface area (Å²) < 4.78 is 42.1. The van der Waals surface area contributed by atoms with Gasteiger partial charge in [-0.05, 0) is 59.2 Å². The van der Waals surface area contributed by atoms with Crippen LogP contribution in [0.3, 0.4) is 0 Å². The molecule has 3 heterocycles. The van der Waals surface area contributed by atoms with Crippen molar-refractivity contribution >= 4 is 14.4 Å². The van der Waals surface area contributed by atoms with Crippen LogP contribution >= 0.6 is 0 Å². The van der Waals surface area contributed by atoms with Crippen LogP contribution in [-0.4, -0.2) is 93.6 Å². The Kier molecular flexibility index (Phi) is 8.89. The van der Waals surface area contributed by atoms with Gasteiger partial charge in [-0.25, -0.2) is 4.79 Å². The zero-order valence-corrected chi connectivity index (χ0v) is 24.6. The lowest BCUT2D eigenvalue weighted by Gasteiger charge is -2.50. The molecule has 0 bridgehead atoms. The molecule has 0 saturated carbocycles. The highest BCUT2D eigenvalue weighted by Gasteiger charge is 2.53. The molecule has 36 heavy (non-hydrogen) atoms. The lowest BCUT2D eigenvalue weighted by Crippen LogP contribution is -2.69. The molecule has 3 rings (SSSR count). The highest BCUT2D eigenvalue weighted by molar-refractivity contribution is 6.74. The lowest BCUT2D eigenvalue weighted by atomic mass is 9.95. The molecule has 10 nitrogen and oxygen atoms in total. The maximum absolute atomic E-state index is 12.7. The summed E-state index contributed by atoms with van der Waals surface area (Å²) in [6, 6.07) is -0.919. The first-order valence-corrected chi connectivity index (χ1v) is 15.9. The Bertz CT molecular complexity index is 764. The van der Waals surface area contributed by atoms with Gasteiger partial charge in [-0.1, -0.05) is 20.8 Å². The first-order chi connectivity index (χ1) is 16.4. The molecule has 2 N–H and O–H groups in total. The van der Waals surface area contributed by atoms with Gasteiger partial charge in [0.25, 0.3) is 0 Å². The van der Waals surface area contributed by atoms with E-state index in [0.717, 1.165) is 0 Å². The van der Waals surface area contributed by atoms with E-state index >= 15 is 0 Å². The van der Waals surface area contributed by atoms with Gasteiger partial charge in [0.05, 0.1) is 19.3 Å². The van der Waals surface area contributed by atoms with Crippen LogP contribution in [0.15, 0.2) is 0 Å². The van der Waals surface area contributed by atoms with Gasteiger partial charge in [0.15, 0.2) is 20.4 Å². The second kappa shape index (κ2) is 10.8. The first kappa shape index (κ1) is 29.8. The van der Waals surface area contributed by atoms with Crippen LogP contribution in [0.4, 0.5) is 4.79 Å². The number of alkyl carbamates (subject to hydrolysis) is 1. The standard InChI is InChI=1S/C25H47NO9Si/c1-23(2,3)35-22(28)26-18-19(27)20-17(13-30-25(7,8)34-20)33-21(18)32-15-11-12-29-16(15)14-31-36(9,10)24(4,5)6/h15-21,27H,11-14H2,1-10H3,(H,26,28)/t15-,16+,17+,18+,19-,20+,21+/m0/s1. The van der Waals surface area contributed by atoms with Crippen molar-refractivity contribution in [2.45, 2.75) is 134 Å². The van der Waals surface area contributed by atoms with Crippen LogP contribution in [0, 0.1) is 0 Å². The second-order valence-electron chi connectivity index (χ2n) is 12.9. The quantitative estimate of drug-likeness (QED) is 0.496. The minimum Gasteiger partial charge on any atom is -0.444 e. The molecule has 3 fully saturated rings. The van der Waals surface area contributed by atoms with Crippen molar-refractivity contribution < 1.29 is 42.7 Å². The number of ether oxygens (including phenoxy) is 6. The number of hydrogen-bond acceptors (Lipinski definition) is 9. The SMILES string of the molecule is CC(C)(C)OC(=O)N[C@H]1[C@H](O[C@H]2CCO[C@@H]2CO[Si](C)(C)C(C)(C)C)O[C@@H]2COC(C)(C)O[C@H]2[C@H]1O. The Morgan fingerprint density at radius 2 is 1.83 bits per heavy atom. The fourth-order valence-corrected chi connectivity index (χ4v) is 5.19. The molecule has 0 aromatic rings. The van der Waals surface area contributed by atoms with E-state index in [9.17, 15) is 9.90 Å². The maximum Gasteiger partial charge on any atom is 0.408 e. The summed E-state index contributed by atoms with van der Waals surface area (Å²) in [4.78, 5) is 12.7. The number of aliphatic hydroxyl groups is 1. The second-order valence-corrected chi connectivity index (χ2v) is 17.8. The highest BCUT2D eigenvalue weighted by atomic mass is 28.4. The van der Waals surface area contributed by atoms with Crippen LogP contribution in [0.1, 0.15) is 61.8 Å². The van der Waals surface area contributed by atoms with Gasteiger partial charge in [-0.2, -0.15) is 0 Å². The molecular formula is C25H47NO9Si. The summed E-state index contributed by atoms with van der Waals surface area (Å²) >= 11 is 0. The molecule has 0 spiro atoms. The van der Waals surface area contributed by atoms with E-state index in [-0.39, 0.29) is 23.9 Å². The summed E-state index contributed by atoms with van der Waals surface area (Å²) in [5.74, 6) is -0.888. The molecule has 11 heteroatoms. The molecule has 3 aliphatic heterocycles. The molecule has 0 aromatic carbocycles. The van der Waals surface area contributed by atoms with E-state index in [1.54, 1.807) is 34.6 Å². The van der Waals surface area contributed by atoms with Gasteiger partial charge in [0, 0.05) is 6.61 Å². The Labute approximate surface area is 216 Å².